The van der Waals surface area contributed by atoms with Crippen molar-refractivity contribution in [3.8, 4) is 11.7 Å². The molecule has 0 rings (SSSR count). The molecule has 0 aliphatic carbocycles. The van der Waals surface area contributed by atoms with Crippen molar-refractivity contribution < 1.29 is 0 Å². The van der Waals surface area contributed by atoms with Gasteiger partial charge < -0.3 is 0 Å². The lowest BCUT2D eigenvalue weighted by molar-refractivity contribution is 1.07. The zero-order valence-electron chi connectivity index (χ0n) is 5.83. The van der Waals surface area contributed by atoms with Crippen LogP contribution in [-0.2, 0) is 0 Å². The predicted octanol–water partition coefficient (Wildman–Crippen LogP) is 0.263. The van der Waals surface area contributed by atoms with Crippen molar-refractivity contribution in [1.82, 2.24) is 0 Å². The van der Waals surface area contributed by atoms with Gasteiger partial charge in [-0.1, -0.05) is 19.1 Å². The molecule has 0 bridgehead atoms. The van der Waals surface area contributed by atoms with Gasteiger partial charge in [0.25, 0.3) is 0 Å². The summed E-state index contributed by atoms with van der Waals surface area (Å²) in [5.41, 5.74) is 0. The normalized spacial score (nSPS) is 7.12. The molecule has 0 saturated carbocycles. The lowest BCUT2D eigenvalue weighted by Gasteiger charge is -1.84. The Kier molecular flexibility index (Phi) is 6.43. The number of rotatable bonds is 3. The first-order chi connectivity index (χ1) is 3.91. The fraction of sp³-hybridized carbons (Fsp3) is 0.667. The van der Waals surface area contributed by atoms with E-state index in [1.807, 2.05) is 6.92 Å². The van der Waals surface area contributed by atoms with Crippen molar-refractivity contribution in [3.63, 3.8) is 0 Å². The fourth-order valence-electron chi connectivity index (χ4n) is 0.588. The van der Waals surface area contributed by atoms with E-state index in [4.69, 9.17) is 0 Å². The Morgan fingerprint density at radius 2 is 2.38 bits per heavy atom. The molecular weight excluding hydrogens is 93.7 g/mol. The van der Waals surface area contributed by atoms with Crippen LogP contribution in [0.2, 0.25) is 12.6 Å². The van der Waals surface area contributed by atoms with Gasteiger partial charge in [-0.05, 0) is 6.92 Å². The Labute approximate surface area is 53.7 Å². The highest BCUT2D eigenvalue weighted by atomic mass is 13.7. The van der Waals surface area contributed by atoms with E-state index in [9.17, 15) is 0 Å². The summed E-state index contributed by atoms with van der Waals surface area (Å²) in [6.45, 7) is 1.89. The topological polar surface area (TPSA) is 0 Å². The summed E-state index contributed by atoms with van der Waals surface area (Å²) in [6.07, 6.45) is 3.90. The molecule has 0 spiro atoms. The Bertz CT molecular complexity index is 88.4. The lowest BCUT2D eigenvalue weighted by atomic mass is 9.73. The number of hydrogen-bond donors (Lipinski definition) is 0. The zero-order valence-corrected chi connectivity index (χ0v) is 5.83. The van der Waals surface area contributed by atoms with Gasteiger partial charge in [0.05, 0.1) is 0 Å². The molecular formula is C6H12B2. The van der Waals surface area contributed by atoms with Crippen molar-refractivity contribution in [3.05, 3.63) is 0 Å². The van der Waals surface area contributed by atoms with Crippen molar-refractivity contribution in [2.75, 3.05) is 0 Å². The van der Waals surface area contributed by atoms with Gasteiger partial charge in [-0.15, -0.1) is 5.92 Å². The van der Waals surface area contributed by atoms with Gasteiger partial charge in [-0.25, -0.2) is 0 Å². The summed E-state index contributed by atoms with van der Waals surface area (Å²) in [5.74, 6) is 5.91. The molecule has 42 valence electrons. The van der Waals surface area contributed by atoms with Crippen LogP contribution in [0.25, 0.3) is 0 Å². The van der Waals surface area contributed by atoms with Gasteiger partial charge in [0.1, 0.15) is 7.85 Å². The van der Waals surface area contributed by atoms with Crippen molar-refractivity contribution in [2.24, 2.45) is 0 Å². The first-order valence-electron chi connectivity index (χ1n) is 3.31. The summed E-state index contributed by atoms with van der Waals surface area (Å²) in [4.78, 5) is 0. The highest BCUT2D eigenvalue weighted by Gasteiger charge is 1.82. The molecule has 0 unspecified atom stereocenters. The van der Waals surface area contributed by atoms with E-state index in [0.29, 0.717) is 0 Å². The van der Waals surface area contributed by atoms with Gasteiger partial charge in [0, 0.05) is 0 Å². The quantitative estimate of drug-likeness (QED) is 0.275. The minimum atomic E-state index is 1.09. The predicted molar refractivity (Wildman–Crippen MR) is 43.4 cm³/mol. The third-order valence-corrected chi connectivity index (χ3v) is 1.08. The largest absolute Gasteiger partial charge is 0.213 e. The van der Waals surface area contributed by atoms with Crippen LogP contribution in [0.3, 0.4) is 0 Å². The molecule has 0 atom stereocenters. The van der Waals surface area contributed by atoms with Crippen LogP contribution < -0.4 is 0 Å². The Hall–Kier alpha value is -0.310. The molecule has 0 saturated heterocycles. The van der Waals surface area contributed by atoms with E-state index < -0.39 is 0 Å². The van der Waals surface area contributed by atoms with Crippen molar-refractivity contribution in [2.45, 2.75) is 26.0 Å². The molecule has 0 aliphatic heterocycles. The van der Waals surface area contributed by atoms with Crippen LogP contribution in [-0.4, -0.2) is 15.1 Å². The minimum absolute atomic E-state index is 1.09. The molecule has 0 N–H and O–H groups in total. The molecule has 0 radical (unpaired) electrons. The summed E-state index contributed by atoms with van der Waals surface area (Å²) in [6, 6.07) is 0. The molecule has 0 nitrogen and oxygen atoms in total. The second-order valence-corrected chi connectivity index (χ2v) is 1.88. The van der Waals surface area contributed by atoms with Gasteiger partial charge in [0.2, 0.25) is 7.28 Å². The molecule has 2 heteroatoms. The van der Waals surface area contributed by atoms with Crippen LogP contribution in [0, 0.1) is 11.7 Å². The maximum atomic E-state index is 3.03. The van der Waals surface area contributed by atoms with Crippen molar-refractivity contribution >= 4 is 15.1 Å². The SMILES string of the molecule is BCCCBC#CC. The van der Waals surface area contributed by atoms with Gasteiger partial charge in [0.15, 0.2) is 0 Å². The average molecular weight is 106 g/mol. The van der Waals surface area contributed by atoms with Crippen molar-refractivity contribution in [1.29, 1.82) is 0 Å². The van der Waals surface area contributed by atoms with Crippen LogP contribution in [0.4, 0.5) is 0 Å². The fourth-order valence-corrected chi connectivity index (χ4v) is 0.588. The van der Waals surface area contributed by atoms with E-state index in [2.05, 4.69) is 19.6 Å². The monoisotopic (exact) mass is 106 g/mol. The first-order valence-corrected chi connectivity index (χ1v) is 3.31. The third kappa shape index (κ3) is 5.69. The molecule has 0 aromatic rings. The molecule has 8 heavy (non-hydrogen) atoms. The summed E-state index contributed by atoms with van der Waals surface area (Å²) in [7, 11) is 3.30. The minimum Gasteiger partial charge on any atom is -0.160 e. The van der Waals surface area contributed by atoms with E-state index >= 15 is 0 Å². The molecule has 0 fully saturated rings. The van der Waals surface area contributed by atoms with Crippen LogP contribution in [0.15, 0.2) is 0 Å². The summed E-state index contributed by atoms with van der Waals surface area (Å²) in [5, 5.41) is 0. The number of hydrogen-bond acceptors (Lipinski definition) is 0. The smallest absolute Gasteiger partial charge is 0.160 e. The van der Waals surface area contributed by atoms with E-state index in [1.54, 1.807) is 0 Å². The van der Waals surface area contributed by atoms with Gasteiger partial charge in [-0.3, -0.25) is 0 Å². The molecule has 0 aliphatic rings. The maximum absolute atomic E-state index is 3.03. The highest BCUT2D eigenvalue weighted by molar-refractivity contribution is 6.46. The third-order valence-electron chi connectivity index (χ3n) is 1.08. The molecule has 0 aromatic heterocycles. The summed E-state index contributed by atoms with van der Waals surface area (Å²) < 4.78 is 0. The Morgan fingerprint density at radius 1 is 1.62 bits per heavy atom. The lowest BCUT2D eigenvalue weighted by Crippen LogP contribution is -1.83. The summed E-state index contributed by atoms with van der Waals surface area (Å²) >= 11 is 0. The van der Waals surface area contributed by atoms with E-state index in [0.717, 1.165) is 7.28 Å². The highest BCUT2D eigenvalue weighted by Crippen LogP contribution is 1.89. The second-order valence-electron chi connectivity index (χ2n) is 1.88. The molecule has 0 amide bonds. The van der Waals surface area contributed by atoms with Gasteiger partial charge >= 0.3 is 0 Å². The Balaban J connectivity index is 2.79. The van der Waals surface area contributed by atoms with E-state index in [-0.39, 0.29) is 0 Å². The standard InChI is InChI=1S/C6H12B2/c1-2-5-8-6-3-4-7/h8H,3-4,6-7H2,1H3. The second kappa shape index (κ2) is 6.69. The maximum Gasteiger partial charge on any atom is 0.213 e. The van der Waals surface area contributed by atoms with Crippen LogP contribution in [0.5, 0.6) is 0 Å². The zero-order chi connectivity index (χ0) is 6.24. The average Bonchev–Trinajstić information content (AvgIpc) is 1.81. The Morgan fingerprint density at radius 3 is 2.88 bits per heavy atom. The van der Waals surface area contributed by atoms with Crippen LogP contribution in [0.1, 0.15) is 13.3 Å². The molecule has 0 aromatic carbocycles. The molecule has 0 heterocycles. The van der Waals surface area contributed by atoms with Crippen LogP contribution >= 0.6 is 0 Å². The van der Waals surface area contributed by atoms with E-state index in [1.165, 1.54) is 19.1 Å². The van der Waals surface area contributed by atoms with Gasteiger partial charge in [-0.2, -0.15) is 5.82 Å². The first kappa shape index (κ1) is 7.69.